The highest BCUT2D eigenvalue weighted by Gasteiger charge is 2.48. The first-order chi connectivity index (χ1) is 7.07. The van der Waals surface area contributed by atoms with Crippen LogP contribution in [0.2, 0.25) is 0 Å². The smallest absolute Gasteiger partial charge is 0.0814 e. The topological polar surface area (TPSA) is 23.5 Å². The first kappa shape index (κ1) is 11.4. The number of likely N-dealkylation sites (tertiary alicyclic amines) is 1. The highest BCUT2D eigenvalue weighted by atomic mass is 16.3. The molecule has 1 saturated carbocycles. The second kappa shape index (κ2) is 4.06. The summed E-state index contributed by atoms with van der Waals surface area (Å²) in [7, 11) is 0. The number of nitrogens with zero attached hydrogens (tertiary/aromatic N) is 1. The molecule has 0 spiro atoms. The van der Waals surface area contributed by atoms with E-state index in [2.05, 4.69) is 25.7 Å². The van der Waals surface area contributed by atoms with E-state index >= 15 is 0 Å². The quantitative estimate of drug-likeness (QED) is 0.772. The van der Waals surface area contributed by atoms with E-state index in [4.69, 9.17) is 0 Å². The van der Waals surface area contributed by atoms with Gasteiger partial charge in [-0.15, -0.1) is 0 Å². The van der Waals surface area contributed by atoms with Gasteiger partial charge in [-0.05, 0) is 38.5 Å². The SMILES string of the molecule is CCCC(C)C1(O)CC(C)N(C2CC2)C1. The van der Waals surface area contributed by atoms with Crippen molar-refractivity contribution in [1.29, 1.82) is 0 Å². The van der Waals surface area contributed by atoms with Crippen molar-refractivity contribution in [3.63, 3.8) is 0 Å². The zero-order valence-corrected chi connectivity index (χ0v) is 10.4. The van der Waals surface area contributed by atoms with Crippen LogP contribution < -0.4 is 0 Å². The summed E-state index contributed by atoms with van der Waals surface area (Å²) in [5.74, 6) is 0.452. The minimum absolute atomic E-state index is 0.405. The lowest BCUT2D eigenvalue weighted by molar-refractivity contribution is -0.00633. The molecule has 0 radical (unpaired) electrons. The van der Waals surface area contributed by atoms with Gasteiger partial charge in [0.2, 0.25) is 0 Å². The van der Waals surface area contributed by atoms with Crippen molar-refractivity contribution in [2.75, 3.05) is 6.54 Å². The van der Waals surface area contributed by atoms with Gasteiger partial charge in [0, 0.05) is 18.6 Å². The highest BCUT2D eigenvalue weighted by molar-refractivity contribution is 5.02. The van der Waals surface area contributed by atoms with E-state index in [0.717, 1.165) is 25.4 Å². The van der Waals surface area contributed by atoms with E-state index in [1.807, 2.05) is 0 Å². The average molecular weight is 211 g/mol. The predicted molar refractivity (Wildman–Crippen MR) is 62.8 cm³/mol. The minimum Gasteiger partial charge on any atom is -0.388 e. The molecule has 0 aromatic carbocycles. The fourth-order valence-electron chi connectivity index (χ4n) is 3.12. The normalized spacial score (nSPS) is 39.6. The van der Waals surface area contributed by atoms with Crippen molar-refractivity contribution in [2.24, 2.45) is 5.92 Å². The molecule has 2 rings (SSSR count). The zero-order valence-electron chi connectivity index (χ0n) is 10.4. The van der Waals surface area contributed by atoms with Crippen molar-refractivity contribution in [3.8, 4) is 0 Å². The first-order valence-corrected chi connectivity index (χ1v) is 6.55. The molecule has 2 nitrogen and oxygen atoms in total. The van der Waals surface area contributed by atoms with E-state index < -0.39 is 5.60 Å². The minimum atomic E-state index is -0.405. The monoisotopic (exact) mass is 211 g/mol. The van der Waals surface area contributed by atoms with Crippen LogP contribution in [0.1, 0.15) is 52.9 Å². The van der Waals surface area contributed by atoms with Gasteiger partial charge in [0.05, 0.1) is 5.60 Å². The second-order valence-electron chi connectivity index (χ2n) is 5.75. The Balaban J connectivity index is 1.98. The summed E-state index contributed by atoms with van der Waals surface area (Å²) in [6.45, 7) is 7.61. The Morgan fingerprint density at radius 2 is 2.13 bits per heavy atom. The van der Waals surface area contributed by atoms with E-state index in [1.165, 1.54) is 19.3 Å². The Labute approximate surface area is 93.7 Å². The van der Waals surface area contributed by atoms with Crippen LogP contribution in [0, 0.1) is 5.92 Å². The molecule has 0 aromatic heterocycles. The molecule has 0 bridgehead atoms. The summed E-state index contributed by atoms with van der Waals surface area (Å²) in [4.78, 5) is 2.53. The predicted octanol–water partition coefficient (Wildman–Crippen LogP) is 2.41. The molecule has 2 aliphatic rings. The molecule has 15 heavy (non-hydrogen) atoms. The van der Waals surface area contributed by atoms with Gasteiger partial charge < -0.3 is 5.11 Å². The Morgan fingerprint density at radius 1 is 1.47 bits per heavy atom. The third-order valence-corrected chi connectivity index (χ3v) is 4.33. The molecule has 1 N–H and O–H groups in total. The van der Waals surface area contributed by atoms with Crippen molar-refractivity contribution < 1.29 is 5.11 Å². The Hall–Kier alpha value is -0.0800. The molecular weight excluding hydrogens is 186 g/mol. The molecule has 3 atom stereocenters. The molecule has 88 valence electrons. The molecule has 1 aliphatic heterocycles. The maximum Gasteiger partial charge on any atom is 0.0814 e. The number of hydrogen-bond donors (Lipinski definition) is 1. The molecule has 0 amide bonds. The van der Waals surface area contributed by atoms with Gasteiger partial charge in [0.15, 0.2) is 0 Å². The van der Waals surface area contributed by atoms with Crippen LogP contribution in [-0.2, 0) is 0 Å². The van der Waals surface area contributed by atoms with E-state index in [-0.39, 0.29) is 0 Å². The standard InChI is InChI=1S/C13H25NO/c1-4-5-10(2)13(15)8-11(3)14(9-13)12-6-7-12/h10-12,15H,4-9H2,1-3H3. The lowest BCUT2D eigenvalue weighted by Gasteiger charge is -2.30. The van der Waals surface area contributed by atoms with Crippen LogP contribution in [0.4, 0.5) is 0 Å². The van der Waals surface area contributed by atoms with Gasteiger partial charge in [-0.3, -0.25) is 4.90 Å². The lowest BCUT2D eigenvalue weighted by atomic mass is 9.84. The molecule has 1 heterocycles. The second-order valence-corrected chi connectivity index (χ2v) is 5.75. The molecule has 2 heteroatoms. The van der Waals surface area contributed by atoms with Gasteiger partial charge in [-0.25, -0.2) is 0 Å². The number of hydrogen-bond acceptors (Lipinski definition) is 2. The highest BCUT2D eigenvalue weighted by Crippen LogP contribution is 2.41. The van der Waals surface area contributed by atoms with E-state index in [0.29, 0.717) is 12.0 Å². The largest absolute Gasteiger partial charge is 0.388 e. The summed E-state index contributed by atoms with van der Waals surface area (Å²) in [5.41, 5.74) is -0.405. The van der Waals surface area contributed by atoms with Crippen LogP contribution in [0.25, 0.3) is 0 Å². The Morgan fingerprint density at radius 3 is 2.67 bits per heavy atom. The van der Waals surface area contributed by atoms with Gasteiger partial charge in [0.1, 0.15) is 0 Å². The number of aliphatic hydroxyl groups is 1. The van der Waals surface area contributed by atoms with Crippen molar-refractivity contribution in [3.05, 3.63) is 0 Å². The Kier molecular flexibility index (Phi) is 3.09. The van der Waals surface area contributed by atoms with Crippen LogP contribution in [0.5, 0.6) is 0 Å². The van der Waals surface area contributed by atoms with Gasteiger partial charge in [-0.1, -0.05) is 20.3 Å². The van der Waals surface area contributed by atoms with E-state index in [1.54, 1.807) is 0 Å². The van der Waals surface area contributed by atoms with Gasteiger partial charge >= 0.3 is 0 Å². The van der Waals surface area contributed by atoms with Crippen LogP contribution in [0.15, 0.2) is 0 Å². The summed E-state index contributed by atoms with van der Waals surface area (Å²) in [6, 6.07) is 1.38. The lowest BCUT2D eigenvalue weighted by Crippen LogP contribution is -2.40. The Bertz CT molecular complexity index is 227. The first-order valence-electron chi connectivity index (χ1n) is 6.55. The van der Waals surface area contributed by atoms with Crippen molar-refractivity contribution in [2.45, 2.75) is 70.6 Å². The van der Waals surface area contributed by atoms with Gasteiger partial charge in [-0.2, -0.15) is 0 Å². The maximum absolute atomic E-state index is 10.7. The molecule has 0 aromatic rings. The number of rotatable bonds is 4. The molecule has 1 saturated heterocycles. The molecule has 1 aliphatic carbocycles. The maximum atomic E-state index is 10.7. The summed E-state index contributed by atoms with van der Waals surface area (Å²) >= 11 is 0. The third-order valence-electron chi connectivity index (χ3n) is 4.33. The molecular formula is C13H25NO. The zero-order chi connectivity index (χ0) is 11.1. The fraction of sp³-hybridized carbons (Fsp3) is 1.00. The average Bonchev–Trinajstić information content (AvgIpc) is 2.94. The van der Waals surface area contributed by atoms with Crippen LogP contribution in [0.3, 0.4) is 0 Å². The fourth-order valence-corrected chi connectivity index (χ4v) is 3.12. The van der Waals surface area contributed by atoms with Crippen LogP contribution >= 0.6 is 0 Å². The summed E-state index contributed by atoms with van der Waals surface area (Å²) in [6.07, 6.45) is 6.01. The van der Waals surface area contributed by atoms with Gasteiger partial charge in [0.25, 0.3) is 0 Å². The van der Waals surface area contributed by atoms with Crippen molar-refractivity contribution in [1.82, 2.24) is 4.90 Å². The third kappa shape index (κ3) is 2.21. The van der Waals surface area contributed by atoms with Crippen molar-refractivity contribution >= 4 is 0 Å². The molecule has 3 unspecified atom stereocenters. The number of β-amino-alcohol motifs (C(OH)–C–C–N with tert-alkyl or cyclic N) is 1. The summed E-state index contributed by atoms with van der Waals surface area (Å²) in [5, 5.41) is 10.7. The van der Waals surface area contributed by atoms with E-state index in [9.17, 15) is 5.11 Å². The summed E-state index contributed by atoms with van der Waals surface area (Å²) < 4.78 is 0. The van der Waals surface area contributed by atoms with Crippen LogP contribution in [-0.4, -0.2) is 34.2 Å². The molecule has 2 fully saturated rings.